The second-order valence-electron chi connectivity index (χ2n) is 8.42. The monoisotopic (exact) mass is 453 g/mol. The zero-order valence-corrected chi connectivity index (χ0v) is 19.3. The van der Waals surface area contributed by atoms with Crippen molar-refractivity contribution in [3.8, 4) is 23.1 Å². The van der Waals surface area contributed by atoms with E-state index in [9.17, 15) is 10.1 Å². The number of hydrogen-bond acceptors (Lipinski definition) is 5. The van der Waals surface area contributed by atoms with Crippen molar-refractivity contribution >= 4 is 33.1 Å². The predicted molar refractivity (Wildman–Crippen MR) is 132 cm³/mol. The topological polar surface area (TPSA) is 75.0 Å². The first-order valence-electron chi connectivity index (χ1n) is 11.0. The molecule has 4 aromatic rings. The molecular formula is C27H23N3O2S. The lowest BCUT2D eigenvalue weighted by molar-refractivity contribution is 0.102. The van der Waals surface area contributed by atoms with Crippen molar-refractivity contribution in [2.24, 2.45) is 5.92 Å². The summed E-state index contributed by atoms with van der Waals surface area (Å²) in [6.45, 7) is 2.23. The molecule has 0 saturated carbocycles. The van der Waals surface area contributed by atoms with Crippen LogP contribution in [0.2, 0.25) is 0 Å². The van der Waals surface area contributed by atoms with Gasteiger partial charge in [0.25, 0.3) is 5.91 Å². The van der Waals surface area contributed by atoms with Gasteiger partial charge in [-0.25, -0.2) is 4.98 Å². The van der Waals surface area contributed by atoms with Crippen LogP contribution in [0.4, 0.5) is 5.00 Å². The number of nitrogens with one attached hydrogen (secondary N) is 1. The minimum absolute atomic E-state index is 0.230. The Morgan fingerprint density at radius 1 is 1.21 bits per heavy atom. The van der Waals surface area contributed by atoms with Crippen LogP contribution >= 0.6 is 11.3 Å². The van der Waals surface area contributed by atoms with Crippen LogP contribution < -0.4 is 10.1 Å². The first-order valence-corrected chi connectivity index (χ1v) is 11.8. The standard InChI is InChI=1S/C27H23N3O2S/c1-16-7-12-20-22(15-28)27(33-25(20)13-16)30-26(31)21-14-24(17-8-10-18(32-2)11-9-17)29-23-6-4-3-5-19(21)23/h3-6,8-11,14,16H,7,12-13H2,1-2H3,(H,30,31). The van der Waals surface area contributed by atoms with Crippen molar-refractivity contribution in [2.45, 2.75) is 26.2 Å². The second kappa shape index (κ2) is 8.68. The van der Waals surface area contributed by atoms with Gasteiger partial charge in [0.15, 0.2) is 0 Å². The maximum absolute atomic E-state index is 13.5. The summed E-state index contributed by atoms with van der Waals surface area (Å²) < 4.78 is 5.26. The van der Waals surface area contributed by atoms with E-state index < -0.39 is 0 Å². The number of nitriles is 1. The molecule has 2 aromatic heterocycles. The average Bonchev–Trinajstić information content (AvgIpc) is 3.19. The van der Waals surface area contributed by atoms with E-state index >= 15 is 0 Å². The molecule has 1 N–H and O–H groups in total. The van der Waals surface area contributed by atoms with Crippen LogP contribution in [-0.4, -0.2) is 18.0 Å². The molecule has 2 aromatic carbocycles. The molecule has 0 fully saturated rings. The minimum Gasteiger partial charge on any atom is -0.497 e. The maximum atomic E-state index is 13.5. The third-order valence-electron chi connectivity index (χ3n) is 6.20. The van der Waals surface area contributed by atoms with Gasteiger partial charge in [0.05, 0.1) is 29.4 Å². The molecule has 5 nitrogen and oxygen atoms in total. The normalized spacial score (nSPS) is 15.0. The molecular weight excluding hydrogens is 430 g/mol. The molecule has 1 aliphatic rings. The highest BCUT2D eigenvalue weighted by molar-refractivity contribution is 7.16. The summed E-state index contributed by atoms with van der Waals surface area (Å²) in [5.41, 5.74) is 4.61. The van der Waals surface area contributed by atoms with Gasteiger partial charge >= 0.3 is 0 Å². The van der Waals surface area contributed by atoms with Gasteiger partial charge in [-0.1, -0.05) is 25.1 Å². The van der Waals surface area contributed by atoms with E-state index in [0.717, 1.165) is 47.0 Å². The van der Waals surface area contributed by atoms with Crippen molar-refractivity contribution in [2.75, 3.05) is 12.4 Å². The summed E-state index contributed by atoms with van der Waals surface area (Å²) in [5, 5.41) is 14.3. The molecule has 0 radical (unpaired) electrons. The number of carbonyl (C=O) groups is 1. The smallest absolute Gasteiger partial charge is 0.257 e. The van der Waals surface area contributed by atoms with Crippen LogP contribution in [0.1, 0.15) is 39.7 Å². The van der Waals surface area contributed by atoms with Crippen LogP contribution in [0, 0.1) is 17.2 Å². The zero-order valence-electron chi connectivity index (χ0n) is 18.5. The molecule has 0 saturated heterocycles. The lowest BCUT2D eigenvalue weighted by Gasteiger charge is -2.17. The van der Waals surface area contributed by atoms with Crippen LogP contribution in [0.5, 0.6) is 5.75 Å². The van der Waals surface area contributed by atoms with E-state index in [1.807, 2.05) is 54.6 Å². The molecule has 2 heterocycles. The SMILES string of the molecule is COc1ccc(-c2cc(C(=O)Nc3sc4c(c3C#N)CCC(C)C4)c3ccccc3n2)cc1. The summed E-state index contributed by atoms with van der Waals surface area (Å²) in [7, 11) is 1.63. The molecule has 0 bridgehead atoms. The number of fused-ring (bicyclic) bond motifs is 2. The number of hydrogen-bond donors (Lipinski definition) is 1. The van der Waals surface area contributed by atoms with Crippen LogP contribution in [0.3, 0.4) is 0 Å². The number of amides is 1. The fourth-order valence-electron chi connectivity index (χ4n) is 4.40. The maximum Gasteiger partial charge on any atom is 0.257 e. The molecule has 33 heavy (non-hydrogen) atoms. The molecule has 0 spiro atoms. The summed E-state index contributed by atoms with van der Waals surface area (Å²) in [6.07, 6.45) is 2.93. The van der Waals surface area contributed by atoms with Gasteiger partial charge in [-0.3, -0.25) is 4.79 Å². The Morgan fingerprint density at radius 2 is 2.00 bits per heavy atom. The first-order chi connectivity index (χ1) is 16.1. The highest BCUT2D eigenvalue weighted by atomic mass is 32.1. The Bertz CT molecular complexity index is 1400. The van der Waals surface area contributed by atoms with Crippen molar-refractivity contribution in [1.82, 2.24) is 4.98 Å². The van der Waals surface area contributed by atoms with Crippen molar-refractivity contribution < 1.29 is 9.53 Å². The number of carbonyl (C=O) groups excluding carboxylic acids is 1. The summed E-state index contributed by atoms with van der Waals surface area (Å²) in [5.74, 6) is 1.13. The van der Waals surface area contributed by atoms with Gasteiger partial charge in [0.1, 0.15) is 16.8 Å². The fraction of sp³-hybridized carbons (Fsp3) is 0.222. The molecule has 1 atom stereocenters. The van der Waals surface area contributed by atoms with Crippen LogP contribution in [0.15, 0.2) is 54.6 Å². The van der Waals surface area contributed by atoms with Crippen molar-refractivity contribution in [3.63, 3.8) is 0 Å². The van der Waals surface area contributed by atoms with Crippen molar-refractivity contribution in [3.05, 3.63) is 76.2 Å². The largest absolute Gasteiger partial charge is 0.497 e. The highest BCUT2D eigenvalue weighted by Gasteiger charge is 2.25. The Morgan fingerprint density at radius 3 is 2.76 bits per heavy atom. The molecule has 0 aliphatic heterocycles. The Labute approximate surface area is 196 Å². The van der Waals surface area contributed by atoms with Crippen LogP contribution in [0.25, 0.3) is 22.2 Å². The third-order valence-corrected chi connectivity index (χ3v) is 7.37. The van der Waals surface area contributed by atoms with Gasteiger partial charge in [-0.15, -0.1) is 11.3 Å². The lowest BCUT2D eigenvalue weighted by Crippen LogP contribution is -2.13. The number of rotatable bonds is 4. The average molecular weight is 454 g/mol. The molecule has 6 heteroatoms. The van der Waals surface area contributed by atoms with E-state index in [-0.39, 0.29) is 5.91 Å². The number of para-hydroxylation sites is 1. The number of pyridine rings is 1. The number of aromatic nitrogens is 1. The number of thiophene rings is 1. The van der Waals surface area contributed by atoms with E-state index in [1.54, 1.807) is 7.11 Å². The Balaban J connectivity index is 1.55. The highest BCUT2D eigenvalue weighted by Crippen LogP contribution is 2.39. The Hall–Kier alpha value is -3.69. The van der Waals surface area contributed by atoms with Crippen molar-refractivity contribution in [1.29, 1.82) is 5.26 Å². The van der Waals surface area contributed by atoms with E-state index in [0.29, 0.717) is 27.7 Å². The zero-order chi connectivity index (χ0) is 22.9. The third kappa shape index (κ3) is 3.96. The van der Waals surface area contributed by atoms with E-state index in [4.69, 9.17) is 9.72 Å². The Kier molecular flexibility index (Phi) is 5.57. The van der Waals surface area contributed by atoms with Gasteiger partial charge in [-0.2, -0.15) is 5.26 Å². The summed E-state index contributed by atoms with van der Waals surface area (Å²) in [6, 6.07) is 19.4. The number of benzene rings is 2. The molecule has 164 valence electrons. The quantitative estimate of drug-likeness (QED) is 0.398. The molecule has 1 unspecified atom stereocenters. The molecule has 1 aliphatic carbocycles. The molecule has 1 amide bonds. The van der Waals surface area contributed by atoms with E-state index in [2.05, 4.69) is 18.3 Å². The number of ether oxygens (including phenoxy) is 1. The lowest BCUT2D eigenvalue weighted by atomic mass is 9.88. The fourth-order valence-corrected chi connectivity index (χ4v) is 5.76. The first kappa shape index (κ1) is 21.2. The van der Waals surface area contributed by atoms with Gasteiger partial charge < -0.3 is 10.1 Å². The minimum atomic E-state index is -0.230. The predicted octanol–water partition coefficient (Wildman–Crippen LogP) is 6.22. The number of methoxy groups -OCH3 is 1. The number of nitrogens with zero attached hydrogens (tertiary/aromatic N) is 2. The van der Waals surface area contributed by atoms with Gasteiger partial charge in [-0.05, 0) is 67.1 Å². The van der Waals surface area contributed by atoms with Gasteiger partial charge in [0.2, 0.25) is 0 Å². The second-order valence-corrected chi connectivity index (χ2v) is 9.53. The van der Waals surface area contributed by atoms with E-state index in [1.165, 1.54) is 16.2 Å². The summed E-state index contributed by atoms with van der Waals surface area (Å²) in [4.78, 5) is 19.5. The number of anilines is 1. The summed E-state index contributed by atoms with van der Waals surface area (Å²) >= 11 is 1.54. The van der Waals surface area contributed by atoms with Gasteiger partial charge in [0, 0.05) is 15.8 Å². The molecule has 5 rings (SSSR count). The van der Waals surface area contributed by atoms with Crippen LogP contribution in [-0.2, 0) is 12.8 Å².